The van der Waals surface area contributed by atoms with Gasteiger partial charge < -0.3 is 10.4 Å². The van der Waals surface area contributed by atoms with Crippen molar-refractivity contribution in [2.75, 3.05) is 6.54 Å². The van der Waals surface area contributed by atoms with E-state index in [4.69, 9.17) is 11.6 Å². The molecule has 0 aromatic heterocycles. The van der Waals surface area contributed by atoms with Gasteiger partial charge in [-0.25, -0.2) is 0 Å². The van der Waals surface area contributed by atoms with Crippen LogP contribution in [0.5, 0.6) is 0 Å². The first kappa shape index (κ1) is 15.0. The first-order valence-electron chi connectivity index (χ1n) is 6.13. The van der Waals surface area contributed by atoms with E-state index >= 15 is 0 Å². The van der Waals surface area contributed by atoms with Crippen LogP contribution in [0, 0.1) is 5.92 Å². The van der Waals surface area contributed by atoms with Crippen molar-refractivity contribution in [3.05, 3.63) is 34.9 Å². The maximum atomic E-state index is 12.1. The first-order chi connectivity index (χ1) is 8.41. The van der Waals surface area contributed by atoms with Crippen molar-refractivity contribution in [1.29, 1.82) is 0 Å². The summed E-state index contributed by atoms with van der Waals surface area (Å²) in [5.74, 6) is -0.159. The Balaban J connectivity index is 2.86. The number of carbonyl (C=O) groups excluding carboxylic acids is 1. The lowest BCUT2D eigenvalue weighted by molar-refractivity contribution is -0.123. The van der Waals surface area contributed by atoms with Crippen LogP contribution in [-0.4, -0.2) is 23.7 Å². The first-order valence-corrected chi connectivity index (χ1v) is 6.51. The molecule has 4 heteroatoms. The number of amides is 1. The lowest BCUT2D eigenvalue weighted by Gasteiger charge is -2.21. The summed E-state index contributed by atoms with van der Waals surface area (Å²) in [6, 6.07) is 7.35. The van der Waals surface area contributed by atoms with E-state index in [1.165, 1.54) is 0 Å². The second-order valence-electron chi connectivity index (χ2n) is 4.87. The number of hydrogen-bond donors (Lipinski definition) is 2. The van der Waals surface area contributed by atoms with Crippen LogP contribution >= 0.6 is 11.6 Å². The van der Waals surface area contributed by atoms with Crippen LogP contribution < -0.4 is 5.32 Å². The van der Waals surface area contributed by atoms with Gasteiger partial charge in [-0.15, -0.1) is 0 Å². The predicted molar refractivity (Wildman–Crippen MR) is 73.7 cm³/mol. The van der Waals surface area contributed by atoms with Gasteiger partial charge in [-0.1, -0.05) is 37.6 Å². The van der Waals surface area contributed by atoms with Gasteiger partial charge in [0.15, 0.2) is 0 Å². The summed E-state index contributed by atoms with van der Waals surface area (Å²) < 4.78 is 0. The summed E-state index contributed by atoms with van der Waals surface area (Å²) >= 11 is 5.95. The molecular formula is C14H20ClNO2. The Kier molecular flexibility index (Phi) is 5.63. The van der Waals surface area contributed by atoms with Gasteiger partial charge in [-0.2, -0.15) is 0 Å². The summed E-state index contributed by atoms with van der Waals surface area (Å²) in [6.45, 7) is 5.90. The summed E-state index contributed by atoms with van der Waals surface area (Å²) in [4.78, 5) is 12.1. The molecule has 0 aliphatic rings. The highest BCUT2D eigenvalue weighted by Gasteiger charge is 2.24. The molecule has 0 bridgehead atoms. The van der Waals surface area contributed by atoms with Crippen molar-refractivity contribution in [2.24, 2.45) is 5.92 Å². The molecule has 0 aliphatic heterocycles. The molecule has 0 saturated carbocycles. The van der Waals surface area contributed by atoms with E-state index in [1.807, 2.05) is 32.0 Å². The molecule has 2 N–H and O–H groups in total. The number of benzene rings is 1. The van der Waals surface area contributed by atoms with E-state index in [9.17, 15) is 9.90 Å². The van der Waals surface area contributed by atoms with Gasteiger partial charge >= 0.3 is 0 Å². The molecule has 1 rings (SSSR count). The summed E-state index contributed by atoms with van der Waals surface area (Å²) in [5.41, 5.74) is 0.903. The van der Waals surface area contributed by atoms with Gasteiger partial charge in [0.05, 0.1) is 12.0 Å². The Morgan fingerprint density at radius 2 is 2.06 bits per heavy atom. The molecule has 0 saturated heterocycles. The normalized spacial score (nSPS) is 14.3. The number of rotatable bonds is 5. The minimum atomic E-state index is -0.541. The van der Waals surface area contributed by atoms with Crippen molar-refractivity contribution in [3.8, 4) is 0 Å². The molecule has 0 fully saturated rings. The second-order valence-corrected chi connectivity index (χ2v) is 5.31. The van der Waals surface area contributed by atoms with Gasteiger partial charge in [-0.05, 0) is 30.5 Å². The molecule has 0 spiro atoms. The smallest absolute Gasteiger partial charge is 0.227 e. The maximum absolute atomic E-state index is 12.1. The second kappa shape index (κ2) is 6.76. The van der Waals surface area contributed by atoms with Crippen LogP contribution in [0.1, 0.15) is 32.3 Å². The molecule has 100 valence electrons. The average Bonchev–Trinajstić information content (AvgIpc) is 2.26. The van der Waals surface area contributed by atoms with Gasteiger partial charge in [0.2, 0.25) is 5.91 Å². The van der Waals surface area contributed by atoms with E-state index in [1.54, 1.807) is 13.0 Å². The maximum Gasteiger partial charge on any atom is 0.227 e. The third-order valence-electron chi connectivity index (χ3n) is 2.73. The zero-order chi connectivity index (χ0) is 13.7. The van der Waals surface area contributed by atoms with Crippen LogP contribution in [0.25, 0.3) is 0 Å². The molecule has 0 heterocycles. The van der Waals surface area contributed by atoms with E-state index < -0.39 is 6.10 Å². The molecule has 1 aromatic rings. The van der Waals surface area contributed by atoms with Crippen molar-refractivity contribution in [2.45, 2.75) is 32.8 Å². The third kappa shape index (κ3) is 4.31. The Hall–Kier alpha value is -1.06. The fraction of sp³-hybridized carbons (Fsp3) is 0.500. The quantitative estimate of drug-likeness (QED) is 0.863. The lowest BCUT2D eigenvalue weighted by Crippen LogP contribution is -2.36. The SMILES string of the molecule is CC(O)CNC(=O)C(c1cccc(Cl)c1)C(C)C. The number of nitrogens with one attached hydrogen (secondary N) is 1. The van der Waals surface area contributed by atoms with Gasteiger partial charge in [0, 0.05) is 11.6 Å². The van der Waals surface area contributed by atoms with Crippen LogP contribution in [-0.2, 0) is 4.79 Å². The Morgan fingerprint density at radius 3 is 2.56 bits per heavy atom. The van der Waals surface area contributed by atoms with E-state index in [0.29, 0.717) is 5.02 Å². The Bertz CT molecular complexity index is 405. The molecule has 0 aliphatic carbocycles. The van der Waals surface area contributed by atoms with Gasteiger partial charge in [0.25, 0.3) is 0 Å². The molecule has 1 aromatic carbocycles. The van der Waals surface area contributed by atoms with Crippen LogP contribution in [0.3, 0.4) is 0 Å². The monoisotopic (exact) mass is 269 g/mol. The van der Waals surface area contributed by atoms with Crippen molar-refractivity contribution in [1.82, 2.24) is 5.32 Å². The standard InChI is InChI=1S/C14H20ClNO2/c1-9(2)13(14(18)16-8-10(3)17)11-5-4-6-12(15)7-11/h4-7,9-10,13,17H,8H2,1-3H3,(H,16,18). The summed E-state index contributed by atoms with van der Waals surface area (Å²) in [5, 5.41) is 12.6. The van der Waals surface area contributed by atoms with E-state index in [0.717, 1.165) is 5.56 Å². The minimum absolute atomic E-state index is 0.0758. The van der Waals surface area contributed by atoms with Gasteiger partial charge in [-0.3, -0.25) is 4.79 Å². The van der Waals surface area contributed by atoms with Gasteiger partial charge in [0.1, 0.15) is 0 Å². The Morgan fingerprint density at radius 1 is 1.39 bits per heavy atom. The number of halogens is 1. The third-order valence-corrected chi connectivity index (χ3v) is 2.96. The number of aliphatic hydroxyl groups excluding tert-OH is 1. The van der Waals surface area contributed by atoms with Crippen LogP contribution in [0.4, 0.5) is 0 Å². The van der Waals surface area contributed by atoms with Crippen LogP contribution in [0.2, 0.25) is 5.02 Å². The molecule has 3 nitrogen and oxygen atoms in total. The highest BCUT2D eigenvalue weighted by molar-refractivity contribution is 6.30. The fourth-order valence-electron chi connectivity index (χ4n) is 1.90. The highest BCUT2D eigenvalue weighted by atomic mass is 35.5. The molecule has 0 radical (unpaired) electrons. The molecular weight excluding hydrogens is 250 g/mol. The average molecular weight is 270 g/mol. The lowest BCUT2D eigenvalue weighted by atomic mass is 9.87. The molecule has 1 amide bonds. The topological polar surface area (TPSA) is 49.3 Å². The van der Waals surface area contributed by atoms with E-state index in [2.05, 4.69) is 5.32 Å². The number of aliphatic hydroxyl groups is 1. The number of carbonyl (C=O) groups is 1. The van der Waals surface area contributed by atoms with Crippen molar-refractivity contribution in [3.63, 3.8) is 0 Å². The largest absolute Gasteiger partial charge is 0.392 e. The molecule has 2 atom stereocenters. The fourth-order valence-corrected chi connectivity index (χ4v) is 2.10. The Labute approximate surface area is 113 Å². The molecule has 18 heavy (non-hydrogen) atoms. The van der Waals surface area contributed by atoms with Crippen LogP contribution in [0.15, 0.2) is 24.3 Å². The molecule has 2 unspecified atom stereocenters. The zero-order valence-corrected chi connectivity index (χ0v) is 11.7. The summed E-state index contributed by atoms with van der Waals surface area (Å²) in [6.07, 6.45) is -0.541. The van der Waals surface area contributed by atoms with E-state index in [-0.39, 0.29) is 24.3 Å². The predicted octanol–water partition coefficient (Wildman–Crippen LogP) is 2.58. The van der Waals surface area contributed by atoms with Crippen molar-refractivity contribution < 1.29 is 9.90 Å². The zero-order valence-electron chi connectivity index (χ0n) is 11.0. The highest BCUT2D eigenvalue weighted by Crippen LogP contribution is 2.26. The minimum Gasteiger partial charge on any atom is -0.392 e. The number of hydrogen-bond acceptors (Lipinski definition) is 2. The summed E-state index contributed by atoms with van der Waals surface area (Å²) in [7, 11) is 0. The van der Waals surface area contributed by atoms with Crippen molar-refractivity contribution >= 4 is 17.5 Å².